The molecule has 1 aliphatic carbocycles. The monoisotopic (exact) mass is 463 g/mol. The lowest BCUT2D eigenvalue weighted by Gasteiger charge is -2.40. The Kier molecular flexibility index (Phi) is 9.51. The fourth-order valence-electron chi connectivity index (χ4n) is 5.64. The lowest BCUT2D eigenvalue weighted by Crippen LogP contribution is -2.55. The predicted molar refractivity (Wildman–Crippen MR) is 142 cm³/mol. The van der Waals surface area contributed by atoms with Gasteiger partial charge in [-0.3, -0.25) is 14.8 Å². The van der Waals surface area contributed by atoms with Gasteiger partial charge in [-0.1, -0.05) is 44.2 Å². The van der Waals surface area contributed by atoms with Gasteiger partial charge in [0.2, 0.25) is 0 Å². The fraction of sp³-hybridized carbons (Fsp3) is 0.621. The Labute approximate surface area is 207 Å². The number of hydrogen-bond acceptors (Lipinski definition) is 5. The molecule has 1 aromatic carbocycles. The molecule has 34 heavy (non-hydrogen) atoms. The first kappa shape index (κ1) is 25.3. The van der Waals surface area contributed by atoms with Crippen LogP contribution in [0.25, 0.3) is 0 Å². The van der Waals surface area contributed by atoms with Crippen molar-refractivity contribution in [2.24, 2.45) is 0 Å². The van der Waals surface area contributed by atoms with Gasteiger partial charge in [-0.2, -0.15) is 0 Å². The number of fused-ring (bicyclic) bond motifs is 1. The molecule has 5 nitrogen and oxygen atoms in total. The Morgan fingerprint density at radius 3 is 2.82 bits per heavy atom. The molecule has 1 saturated heterocycles. The summed E-state index contributed by atoms with van der Waals surface area (Å²) in [6.07, 6.45) is 8.13. The van der Waals surface area contributed by atoms with E-state index in [1.807, 2.05) is 6.20 Å². The van der Waals surface area contributed by atoms with Gasteiger partial charge < -0.3 is 10.6 Å². The van der Waals surface area contributed by atoms with Gasteiger partial charge in [0, 0.05) is 45.0 Å². The maximum absolute atomic E-state index is 4.86. The van der Waals surface area contributed by atoms with Crippen LogP contribution < -0.4 is 10.6 Å². The van der Waals surface area contributed by atoms with E-state index < -0.39 is 0 Å². The summed E-state index contributed by atoms with van der Waals surface area (Å²) in [7, 11) is 2.05. The summed E-state index contributed by atoms with van der Waals surface area (Å²) in [6.45, 7) is 12.2. The smallest absolute Gasteiger partial charge is 0.0607 e. The molecule has 2 aliphatic rings. The van der Waals surface area contributed by atoms with Crippen LogP contribution in [0.4, 0.5) is 0 Å². The van der Waals surface area contributed by atoms with E-state index in [-0.39, 0.29) is 0 Å². The number of hydrogen-bond donors (Lipinski definition) is 2. The number of nitrogens with zero attached hydrogens (tertiary/aromatic N) is 3. The Balaban J connectivity index is 1.40. The molecular weight excluding hydrogens is 418 g/mol. The van der Waals surface area contributed by atoms with Gasteiger partial charge in [0.05, 0.1) is 11.7 Å². The molecule has 1 aliphatic heterocycles. The second-order valence-corrected chi connectivity index (χ2v) is 10.5. The number of aryl methyl sites for hydroxylation is 1. The predicted octanol–water partition coefficient (Wildman–Crippen LogP) is 4.36. The van der Waals surface area contributed by atoms with Crippen LogP contribution in [0.3, 0.4) is 0 Å². The average molecular weight is 464 g/mol. The van der Waals surface area contributed by atoms with E-state index in [9.17, 15) is 0 Å². The Hall–Kier alpha value is -1.79. The van der Waals surface area contributed by atoms with Crippen LogP contribution in [-0.4, -0.2) is 67.1 Å². The minimum atomic E-state index is 0.459. The second-order valence-electron chi connectivity index (χ2n) is 10.5. The first-order valence-corrected chi connectivity index (χ1v) is 13.5. The molecule has 2 atom stereocenters. The number of rotatable bonds is 11. The van der Waals surface area contributed by atoms with Gasteiger partial charge >= 0.3 is 0 Å². The van der Waals surface area contributed by atoms with E-state index in [1.165, 1.54) is 54.5 Å². The van der Waals surface area contributed by atoms with Crippen molar-refractivity contribution in [3.05, 3.63) is 65.0 Å². The quantitative estimate of drug-likeness (QED) is 0.485. The minimum Gasteiger partial charge on any atom is -0.320 e. The van der Waals surface area contributed by atoms with E-state index >= 15 is 0 Å². The molecule has 1 fully saturated rings. The van der Waals surface area contributed by atoms with Gasteiger partial charge in [0.25, 0.3) is 0 Å². The van der Waals surface area contributed by atoms with Crippen molar-refractivity contribution in [2.75, 3.05) is 46.3 Å². The SMILES string of the molecule is CNCCCCN(C[C@@H]1CN(Cc2ccc(C(C)C)cc2)CCN1)[C@H]1CCCc2cccnc21. The molecule has 2 heterocycles. The number of benzene rings is 1. The Morgan fingerprint density at radius 2 is 2.03 bits per heavy atom. The molecule has 2 aromatic rings. The van der Waals surface area contributed by atoms with Crippen molar-refractivity contribution in [1.29, 1.82) is 0 Å². The molecule has 5 heteroatoms. The van der Waals surface area contributed by atoms with Crippen molar-refractivity contribution in [3.8, 4) is 0 Å². The van der Waals surface area contributed by atoms with Crippen LogP contribution in [0.1, 0.15) is 73.9 Å². The first-order chi connectivity index (χ1) is 16.6. The number of pyridine rings is 1. The summed E-state index contributed by atoms with van der Waals surface area (Å²) in [6, 6.07) is 14.6. The summed E-state index contributed by atoms with van der Waals surface area (Å²) < 4.78 is 0. The summed E-state index contributed by atoms with van der Waals surface area (Å²) in [5.74, 6) is 0.594. The molecular formula is C29H45N5. The average Bonchev–Trinajstić information content (AvgIpc) is 2.86. The Bertz CT molecular complexity index is 865. The van der Waals surface area contributed by atoms with Gasteiger partial charge in [-0.25, -0.2) is 0 Å². The molecule has 0 spiro atoms. The number of aromatic nitrogens is 1. The van der Waals surface area contributed by atoms with Crippen LogP contribution in [0, 0.1) is 0 Å². The standard InChI is InChI=1S/C29H45N5/c1-23(2)25-13-11-24(12-14-25)20-33-19-17-31-27(21-33)22-34(18-5-4-15-30-3)28-10-6-8-26-9-7-16-32-29(26)28/h7,9,11-14,16,23,27-28,30-31H,4-6,8,10,15,17-22H2,1-3H3/t27-,28-/m0/s1. The van der Waals surface area contributed by atoms with Gasteiger partial charge in [-0.15, -0.1) is 0 Å². The highest BCUT2D eigenvalue weighted by molar-refractivity contribution is 5.26. The van der Waals surface area contributed by atoms with E-state index in [2.05, 4.69) is 77.7 Å². The Morgan fingerprint density at radius 1 is 1.18 bits per heavy atom. The van der Waals surface area contributed by atoms with Gasteiger partial charge in [-0.05, 0) is 80.9 Å². The molecule has 4 rings (SSSR count). The maximum Gasteiger partial charge on any atom is 0.0607 e. The molecule has 0 unspecified atom stereocenters. The lowest BCUT2D eigenvalue weighted by atomic mass is 9.90. The van der Waals surface area contributed by atoms with E-state index in [4.69, 9.17) is 4.98 Å². The van der Waals surface area contributed by atoms with Crippen LogP contribution in [0.5, 0.6) is 0 Å². The zero-order valence-electron chi connectivity index (χ0n) is 21.6. The van der Waals surface area contributed by atoms with Crippen molar-refractivity contribution < 1.29 is 0 Å². The summed E-state index contributed by atoms with van der Waals surface area (Å²) in [4.78, 5) is 10.3. The highest BCUT2D eigenvalue weighted by Crippen LogP contribution is 2.33. The van der Waals surface area contributed by atoms with E-state index in [0.717, 1.165) is 45.8 Å². The molecule has 0 saturated carbocycles. The molecule has 0 radical (unpaired) electrons. The normalized spacial score (nSPS) is 21.2. The topological polar surface area (TPSA) is 43.4 Å². The van der Waals surface area contributed by atoms with Crippen LogP contribution in [-0.2, 0) is 13.0 Å². The van der Waals surface area contributed by atoms with Crippen molar-refractivity contribution in [2.45, 2.75) is 70.5 Å². The van der Waals surface area contributed by atoms with Gasteiger partial charge in [0.15, 0.2) is 0 Å². The molecule has 1 aromatic heterocycles. The third-order valence-electron chi connectivity index (χ3n) is 7.58. The summed E-state index contributed by atoms with van der Waals surface area (Å²) >= 11 is 0. The van der Waals surface area contributed by atoms with Crippen molar-refractivity contribution >= 4 is 0 Å². The van der Waals surface area contributed by atoms with Crippen molar-refractivity contribution in [3.63, 3.8) is 0 Å². The van der Waals surface area contributed by atoms with Crippen LogP contribution >= 0.6 is 0 Å². The second kappa shape index (κ2) is 12.8. The molecule has 0 amide bonds. The van der Waals surface area contributed by atoms with Crippen LogP contribution in [0.2, 0.25) is 0 Å². The maximum atomic E-state index is 4.86. The number of piperazine rings is 1. The lowest BCUT2D eigenvalue weighted by molar-refractivity contribution is 0.116. The molecule has 186 valence electrons. The zero-order chi connectivity index (χ0) is 23.8. The summed E-state index contributed by atoms with van der Waals surface area (Å²) in [5, 5.41) is 7.14. The molecule has 2 N–H and O–H groups in total. The third kappa shape index (κ3) is 6.88. The van der Waals surface area contributed by atoms with Crippen LogP contribution in [0.15, 0.2) is 42.6 Å². The van der Waals surface area contributed by atoms with E-state index in [0.29, 0.717) is 18.0 Å². The van der Waals surface area contributed by atoms with Gasteiger partial charge in [0.1, 0.15) is 0 Å². The first-order valence-electron chi connectivity index (χ1n) is 13.5. The highest BCUT2D eigenvalue weighted by atomic mass is 15.2. The largest absolute Gasteiger partial charge is 0.320 e. The fourth-order valence-corrected chi connectivity index (χ4v) is 5.64. The third-order valence-corrected chi connectivity index (χ3v) is 7.58. The number of unbranched alkanes of at least 4 members (excludes halogenated alkanes) is 1. The number of nitrogens with one attached hydrogen (secondary N) is 2. The minimum absolute atomic E-state index is 0.459. The highest BCUT2D eigenvalue weighted by Gasteiger charge is 2.30. The molecule has 0 bridgehead atoms. The van der Waals surface area contributed by atoms with E-state index in [1.54, 1.807) is 0 Å². The van der Waals surface area contributed by atoms with Crippen molar-refractivity contribution in [1.82, 2.24) is 25.4 Å². The summed E-state index contributed by atoms with van der Waals surface area (Å²) in [5.41, 5.74) is 5.65. The zero-order valence-corrected chi connectivity index (χ0v) is 21.6.